The second kappa shape index (κ2) is 21.4. The average molecular weight is 937 g/mol. The molecule has 0 amide bonds. The second-order valence-corrected chi connectivity index (χ2v) is 19.3. The SMILES string of the molecule is O=[N+]([O-])c1cc(S(=O)(=O)Nc2ncnc3cc(N4CCN(Cc5ccccc5-c5ccc(Oc6ccccc6)cc5)CC4)ccc23)ccc1NC(CCN1CCOCC1)CSc1ccccc1. The number of thioether (sulfide) groups is 1. The molecule has 14 nitrogen and oxygen atoms in total. The normalized spacial score (nSPS) is 15.3. The maximum absolute atomic E-state index is 13.9. The molecule has 2 fully saturated rings. The predicted molar refractivity (Wildman–Crippen MR) is 266 cm³/mol. The number of para-hydroxylation sites is 1. The first-order valence-corrected chi connectivity index (χ1v) is 24.9. The Labute approximate surface area is 395 Å². The molecular weight excluding hydrogens is 885 g/mol. The highest BCUT2D eigenvalue weighted by Crippen LogP contribution is 2.33. The van der Waals surface area contributed by atoms with E-state index >= 15 is 0 Å². The number of hydrogen-bond acceptors (Lipinski definition) is 13. The molecule has 2 N–H and O–H groups in total. The van der Waals surface area contributed by atoms with Gasteiger partial charge in [-0.25, -0.2) is 18.4 Å². The number of anilines is 3. The number of sulfonamides is 1. The van der Waals surface area contributed by atoms with Crippen molar-refractivity contribution < 1.29 is 22.8 Å². The molecule has 9 rings (SSSR count). The fraction of sp³-hybridized carbons (Fsp3) is 0.255. The fourth-order valence-corrected chi connectivity index (χ4v) is 10.5. The molecule has 2 aliphatic rings. The number of piperazine rings is 1. The Morgan fingerprint density at radius 2 is 1.48 bits per heavy atom. The number of morpholine rings is 1. The third-order valence-electron chi connectivity index (χ3n) is 12.1. The third kappa shape index (κ3) is 11.7. The lowest BCUT2D eigenvalue weighted by molar-refractivity contribution is -0.384. The summed E-state index contributed by atoms with van der Waals surface area (Å²) < 4.78 is 41.9. The van der Waals surface area contributed by atoms with Crippen LogP contribution in [0.1, 0.15) is 12.0 Å². The van der Waals surface area contributed by atoms with Crippen LogP contribution in [-0.2, 0) is 21.3 Å². The van der Waals surface area contributed by atoms with Gasteiger partial charge in [-0.2, -0.15) is 0 Å². The van der Waals surface area contributed by atoms with E-state index in [0.717, 1.165) is 92.5 Å². The summed E-state index contributed by atoms with van der Waals surface area (Å²) in [6, 6.07) is 46.1. The zero-order chi connectivity index (χ0) is 46.0. The average Bonchev–Trinajstić information content (AvgIpc) is 3.36. The van der Waals surface area contributed by atoms with Crippen molar-refractivity contribution in [1.82, 2.24) is 19.8 Å². The van der Waals surface area contributed by atoms with Gasteiger partial charge in [-0.1, -0.05) is 72.8 Å². The van der Waals surface area contributed by atoms with E-state index in [-0.39, 0.29) is 28.1 Å². The van der Waals surface area contributed by atoms with Crippen LogP contribution in [0.5, 0.6) is 11.5 Å². The van der Waals surface area contributed by atoms with Crippen LogP contribution in [0.15, 0.2) is 162 Å². The van der Waals surface area contributed by atoms with E-state index in [2.05, 4.69) is 71.1 Å². The lowest BCUT2D eigenvalue weighted by Gasteiger charge is -2.36. The predicted octanol–water partition coefficient (Wildman–Crippen LogP) is 9.42. The Balaban J connectivity index is 0.840. The van der Waals surface area contributed by atoms with Crippen LogP contribution in [-0.4, -0.2) is 104 Å². The number of nitrogens with one attached hydrogen (secondary N) is 2. The maximum atomic E-state index is 13.9. The van der Waals surface area contributed by atoms with E-state index in [4.69, 9.17) is 9.47 Å². The first-order chi connectivity index (χ1) is 32.7. The molecule has 2 saturated heterocycles. The minimum absolute atomic E-state index is 0.0874. The summed E-state index contributed by atoms with van der Waals surface area (Å²) in [7, 11) is -4.29. The summed E-state index contributed by atoms with van der Waals surface area (Å²) in [5.74, 6) is 2.34. The van der Waals surface area contributed by atoms with Gasteiger partial charge in [0.15, 0.2) is 5.82 Å². The zero-order valence-corrected chi connectivity index (χ0v) is 38.6. The van der Waals surface area contributed by atoms with Gasteiger partial charge < -0.3 is 19.7 Å². The van der Waals surface area contributed by atoms with Crippen molar-refractivity contribution >= 4 is 55.6 Å². The number of nitro benzene ring substituents is 1. The van der Waals surface area contributed by atoms with Gasteiger partial charge in [-0.05, 0) is 89.8 Å². The number of benzene rings is 6. The van der Waals surface area contributed by atoms with Crippen molar-refractivity contribution in [2.24, 2.45) is 0 Å². The number of hydrogen-bond donors (Lipinski definition) is 2. The second-order valence-electron chi connectivity index (χ2n) is 16.5. The van der Waals surface area contributed by atoms with Crippen LogP contribution < -0.4 is 19.7 Å². The van der Waals surface area contributed by atoms with Gasteiger partial charge >= 0.3 is 0 Å². The van der Waals surface area contributed by atoms with E-state index in [0.29, 0.717) is 29.9 Å². The highest BCUT2D eigenvalue weighted by Gasteiger charge is 2.26. The van der Waals surface area contributed by atoms with Crippen molar-refractivity contribution in [2.45, 2.75) is 28.8 Å². The molecule has 7 aromatic rings. The van der Waals surface area contributed by atoms with Crippen molar-refractivity contribution in [3.63, 3.8) is 0 Å². The molecule has 6 aromatic carbocycles. The first-order valence-electron chi connectivity index (χ1n) is 22.4. The van der Waals surface area contributed by atoms with Crippen LogP contribution in [0.25, 0.3) is 22.0 Å². The topological polar surface area (TPSA) is 155 Å². The quantitative estimate of drug-likeness (QED) is 0.0477. The molecule has 0 aliphatic carbocycles. The summed E-state index contributed by atoms with van der Waals surface area (Å²) in [4.78, 5) is 28.7. The van der Waals surface area contributed by atoms with Gasteiger partial charge in [0.05, 0.1) is 28.5 Å². The standard InChI is InChI=1S/C51H52N8O6S2/c60-59(61)50-34-45(20-22-48(50)54-40(23-24-56-29-31-64-32-30-56)36-66-44-12-5-2-6-13-44)67(62,63)55-51-47-21-17-41(33-49(47)52-37-53-51)58-27-25-57(26-28-58)35-39-9-7-8-14-46(39)38-15-18-43(19-16-38)65-42-10-3-1-4-11-42/h1-22,33-34,37,40,54H,23-32,35-36H2,(H,52,53,55). The Bertz CT molecular complexity index is 2880. The van der Waals surface area contributed by atoms with E-state index < -0.39 is 14.9 Å². The van der Waals surface area contributed by atoms with Crippen LogP contribution in [0, 0.1) is 10.1 Å². The lowest BCUT2D eigenvalue weighted by Crippen LogP contribution is -2.46. The fourth-order valence-electron chi connectivity index (χ4n) is 8.43. The van der Waals surface area contributed by atoms with Crippen LogP contribution in [0.2, 0.25) is 0 Å². The molecule has 0 radical (unpaired) electrons. The summed E-state index contributed by atoms with van der Waals surface area (Å²) in [6.07, 6.45) is 2.05. The molecule has 2 aliphatic heterocycles. The number of nitrogens with zero attached hydrogens (tertiary/aromatic N) is 6. The van der Waals surface area contributed by atoms with Crippen LogP contribution >= 0.6 is 11.8 Å². The summed E-state index contributed by atoms with van der Waals surface area (Å²) in [6.45, 7) is 7.94. The minimum atomic E-state index is -4.29. The van der Waals surface area contributed by atoms with Crippen molar-refractivity contribution in [2.75, 3.05) is 79.7 Å². The van der Waals surface area contributed by atoms with Gasteiger partial charge in [0.2, 0.25) is 0 Å². The number of aromatic nitrogens is 2. The molecule has 0 spiro atoms. The number of rotatable bonds is 18. The van der Waals surface area contributed by atoms with Crippen molar-refractivity contribution in [1.29, 1.82) is 0 Å². The molecule has 67 heavy (non-hydrogen) atoms. The molecule has 16 heteroatoms. The van der Waals surface area contributed by atoms with E-state index in [9.17, 15) is 18.5 Å². The molecule has 0 saturated carbocycles. The van der Waals surface area contributed by atoms with E-state index in [1.54, 1.807) is 11.8 Å². The molecule has 1 atom stereocenters. The van der Waals surface area contributed by atoms with Gasteiger partial charge in [0.1, 0.15) is 23.5 Å². The number of ether oxygens (including phenoxy) is 2. The largest absolute Gasteiger partial charge is 0.457 e. The Morgan fingerprint density at radius 3 is 2.24 bits per heavy atom. The van der Waals surface area contributed by atoms with Crippen molar-refractivity contribution in [3.8, 4) is 22.6 Å². The van der Waals surface area contributed by atoms with E-state index in [1.165, 1.54) is 29.6 Å². The minimum Gasteiger partial charge on any atom is -0.457 e. The Hall–Kier alpha value is -6.56. The van der Waals surface area contributed by atoms with Crippen LogP contribution in [0.4, 0.5) is 22.9 Å². The summed E-state index contributed by atoms with van der Waals surface area (Å²) in [5, 5.41) is 16.4. The Morgan fingerprint density at radius 1 is 0.761 bits per heavy atom. The third-order valence-corrected chi connectivity index (χ3v) is 14.6. The zero-order valence-electron chi connectivity index (χ0n) is 36.9. The molecule has 1 aromatic heterocycles. The molecule has 3 heterocycles. The number of nitro groups is 1. The molecular formula is C51H52N8O6S2. The number of fused-ring (bicyclic) bond motifs is 1. The smallest absolute Gasteiger partial charge is 0.293 e. The summed E-state index contributed by atoms with van der Waals surface area (Å²) >= 11 is 1.67. The summed E-state index contributed by atoms with van der Waals surface area (Å²) in [5.41, 5.74) is 5.06. The van der Waals surface area contributed by atoms with Crippen LogP contribution in [0.3, 0.4) is 0 Å². The highest BCUT2D eigenvalue weighted by molar-refractivity contribution is 7.99. The maximum Gasteiger partial charge on any atom is 0.293 e. The Kier molecular flexibility index (Phi) is 14.5. The van der Waals surface area contributed by atoms with Crippen molar-refractivity contribution in [3.05, 3.63) is 168 Å². The van der Waals surface area contributed by atoms with E-state index in [1.807, 2.05) is 91.0 Å². The first kappa shape index (κ1) is 45.6. The molecule has 0 bridgehead atoms. The highest BCUT2D eigenvalue weighted by atomic mass is 32.2. The molecule has 1 unspecified atom stereocenters. The monoisotopic (exact) mass is 936 g/mol. The van der Waals surface area contributed by atoms with Gasteiger partial charge in [0, 0.05) is 86.2 Å². The van der Waals surface area contributed by atoms with Gasteiger partial charge in [0.25, 0.3) is 15.7 Å². The van der Waals surface area contributed by atoms with Gasteiger partial charge in [-0.15, -0.1) is 11.8 Å². The van der Waals surface area contributed by atoms with Gasteiger partial charge in [-0.3, -0.25) is 24.6 Å². The lowest BCUT2D eigenvalue weighted by atomic mass is 9.99. The molecule has 344 valence electrons.